The fraction of sp³-hybridized carbons (Fsp3) is 0.0588. The lowest BCUT2D eigenvalue weighted by Crippen LogP contribution is -2.13. The van der Waals surface area contributed by atoms with Gasteiger partial charge in [-0.05, 0) is 30.7 Å². The van der Waals surface area contributed by atoms with Crippen molar-refractivity contribution in [3.05, 3.63) is 69.2 Å². The van der Waals surface area contributed by atoms with Gasteiger partial charge >= 0.3 is 0 Å². The first kappa shape index (κ1) is 16.1. The molecule has 0 radical (unpaired) electrons. The van der Waals surface area contributed by atoms with Crippen molar-refractivity contribution < 1.29 is 4.79 Å². The average Bonchev–Trinajstić information content (AvgIpc) is 2.51. The summed E-state index contributed by atoms with van der Waals surface area (Å²) in [5.41, 5.74) is 2.23. The Morgan fingerprint density at radius 2 is 1.86 bits per heavy atom. The summed E-state index contributed by atoms with van der Waals surface area (Å²) in [6.07, 6.45) is 1.52. The van der Waals surface area contributed by atoms with Gasteiger partial charge in [0.05, 0.1) is 15.7 Å². The number of hydrogen-bond acceptors (Lipinski definition) is 2. The Morgan fingerprint density at radius 3 is 2.50 bits per heavy atom. The maximum atomic E-state index is 12.2. The molecule has 0 saturated heterocycles. The lowest BCUT2D eigenvalue weighted by atomic mass is 10.1. The largest absolute Gasteiger partial charge is 0.320 e. The molecule has 2 rings (SSSR count). The van der Waals surface area contributed by atoms with Crippen LogP contribution in [-0.2, 0) is 4.79 Å². The van der Waals surface area contributed by atoms with E-state index < -0.39 is 5.91 Å². The molecule has 1 amide bonds. The molecule has 0 atom stereocenters. The summed E-state index contributed by atoms with van der Waals surface area (Å²) in [6.45, 7) is 1.96. The van der Waals surface area contributed by atoms with Gasteiger partial charge < -0.3 is 5.32 Å². The van der Waals surface area contributed by atoms with Crippen LogP contribution < -0.4 is 5.32 Å². The number of halogens is 2. The van der Waals surface area contributed by atoms with Gasteiger partial charge in [0.25, 0.3) is 5.91 Å². The van der Waals surface area contributed by atoms with Crippen LogP contribution in [0.1, 0.15) is 11.1 Å². The minimum absolute atomic E-state index is 0.0140. The summed E-state index contributed by atoms with van der Waals surface area (Å²) in [4.78, 5) is 12.2. The number of amides is 1. The summed E-state index contributed by atoms with van der Waals surface area (Å²) in [5, 5.41) is 12.3. The van der Waals surface area contributed by atoms with E-state index in [1.165, 1.54) is 6.08 Å². The standard InChI is InChI=1S/C17H12Cl2N2O/c1-11-5-7-12(8-6-11)9-13(10-20)17(22)21-15-4-2-3-14(18)16(15)19/h2-9H,1H3,(H,21,22)/b13-9+. The predicted molar refractivity (Wildman–Crippen MR) is 89.9 cm³/mol. The molecule has 2 aromatic carbocycles. The Balaban J connectivity index is 2.24. The quantitative estimate of drug-likeness (QED) is 0.646. The van der Waals surface area contributed by atoms with Crippen molar-refractivity contribution in [1.82, 2.24) is 0 Å². The van der Waals surface area contributed by atoms with E-state index in [0.717, 1.165) is 11.1 Å². The number of carbonyl (C=O) groups is 1. The highest BCUT2D eigenvalue weighted by atomic mass is 35.5. The second-order valence-electron chi connectivity index (χ2n) is 4.64. The number of hydrogen-bond donors (Lipinski definition) is 1. The van der Waals surface area contributed by atoms with Crippen molar-refractivity contribution >= 4 is 40.9 Å². The number of aryl methyl sites for hydroxylation is 1. The van der Waals surface area contributed by atoms with E-state index >= 15 is 0 Å². The third-order valence-corrected chi connectivity index (χ3v) is 3.77. The molecule has 5 heteroatoms. The molecule has 0 aliphatic heterocycles. The van der Waals surface area contributed by atoms with Crippen LogP contribution in [0.25, 0.3) is 6.08 Å². The van der Waals surface area contributed by atoms with E-state index in [1.807, 2.05) is 37.3 Å². The lowest BCUT2D eigenvalue weighted by molar-refractivity contribution is -0.112. The average molecular weight is 331 g/mol. The van der Waals surface area contributed by atoms with Gasteiger partial charge in [0, 0.05) is 0 Å². The highest BCUT2D eigenvalue weighted by Gasteiger charge is 2.12. The molecular weight excluding hydrogens is 319 g/mol. The summed E-state index contributed by atoms with van der Waals surface area (Å²) in [5.74, 6) is -0.535. The molecular formula is C17H12Cl2N2O. The molecule has 0 aliphatic carbocycles. The number of carbonyl (C=O) groups excluding carboxylic acids is 1. The molecule has 0 unspecified atom stereocenters. The summed E-state index contributed by atoms with van der Waals surface area (Å²) >= 11 is 11.9. The van der Waals surface area contributed by atoms with Crippen LogP contribution in [0, 0.1) is 18.3 Å². The fourth-order valence-electron chi connectivity index (χ4n) is 1.77. The molecule has 2 aromatic rings. The van der Waals surface area contributed by atoms with E-state index in [-0.39, 0.29) is 10.6 Å². The molecule has 0 aliphatic rings. The van der Waals surface area contributed by atoms with E-state index in [4.69, 9.17) is 23.2 Å². The Morgan fingerprint density at radius 1 is 1.18 bits per heavy atom. The molecule has 0 fully saturated rings. The van der Waals surface area contributed by atoms with Crippen LogP contribution in [-0.4, -0.2) is 5.91 Å². The van der Waals surface area contributed by atoms with Gasteiger partial charge in [-0.1, -0.05) is 59.1 Å². The summed E-state index contributed by atoms with van der Waals surface area (Å²) < 4.78 is 0. The van der Waals surface area contributed by atoms with Crippen LogP contribution in [0.3, 0.4) is 0 Å². The first-order chi connectivity index (χ1) is 10.5. The maximum absolute atomic E-state index is 12.2. The number of nitriles is 1. The van der Waals surface area contributed by atoms with Crippen LogP contribution in [0.5, 0.6) is 0 Å². The van der Waals surface area contributed by atoms with Crippen LogP contribution in [0.15, 0.2) is 48.0 Å². The number of nitrogens with one attached hydrogen (secondary N) is 1. The monoisotopic (exact) mass is 330 g/mol. The maximum Gasteiger partial charge on any atom is 0.266 e. The first-order valence-corrected chi connectivity index (χ1v) is 7.20. The third kappa shape index (κ3) is 3.88. The normalized spacial score (nSPS) is 10.9. The fourth-order valence-corrected chi connectivity index (χ4v) is 2.12. The molecule has 0 saturated carbocycles. The minimum Gasteiger partial charge on any atom is -0.320 e. The number of anilines is 1. The van der Waals surface area contributed by atoms with Gasteiger partial charge in [-0.3, -0.25) is 4.79 Å². The van der Waals surface area contributed by atoms with Gasteiger partial charge in [-0.25, -0.2) is 0 Å². The SMILES string of the molecule is Cc1ccc(/C=C(\C#N)C(=O)Nc2cccc(Cl)c2Cl)cc1. The highest BCUT2D eigenvalue weighted by molar-refractivity contribution is 6.44. The highest BCUT2D eigenvalue weighted by Crippen LogP contribution is 2.29. The molecule has 3 nitrogen and oxygen atoms in total. The van der Waals surface area contributed by atoms with Crippen molar-refractivity contribution in [1.29, 1.82) is 5.26 Å². The van der Waals surface area contributed by atoms with Gasteiger partial charge in [0.15, 0.2) is 0 Å². The third-order valence-electron chi connectivity index (χ3n) is 2.95. The van der Waals surface area contributed by atoms with Crippen molar-refractivity contribution in [3.63, 3.8) is 0 Å². The molecule has 110 valence electrons. The molecule has 0 aromatic heterocycles. The number of rotatable bonds is 3. The van der Waals surface area contributed by atoms with E-state index in [0.29, 0.717) is 10.7 Å². The summed E-state index contributed by atoms with van der Waals surface area (Å²) in [7, 11) is 0. The van der Waals surface area contributed by atoms with Gasteiger partial charge in [0.2, 0.25) is 0 Å². The second-order valence-corrected chi connectivity index (χ2v) is 5.42. The van der Waals surface area contributed by atoms with Crippen molar-refractivity contribution in [2.24, 2.45) is 0 Å². The lowest BCUT2D eigenvalue weighted by Gasteiger charge is -2.07. The topological polar surface area (TPSA) is 52.9 Å². The van der Waals surface area contributed by atoms with E-state index in [9.17, 15) is 10.1 Å². The minimum atomic E-state index is -0.535. The van der Waals surface area contributed by atoms with Crippen LogP contribution in [0.2, 0.25) is 10.0 Å². The van der Waals surface area contributed by atoms with Crippen molar-refractivity contribution in [3.8, 4) is 6.07 Å². The number of nitrogens with zero attached hydrogens (tertiary/aromatic N) is 1. The zero-order valence-electron chi connectivity index (χ0n) is 11.7. The van der Waals surface area contributed by atoms with Gasteiger partial charge in [0.1, 0.15) is 11.6 Å². The Labute approximate surface area is 138 Å². The Hall–Kier alpha value is -2.28. The second kappa shape index (κ2) is 7.13. The van der Waals surface area contributed by atoms with Crippen LogP contribution >= 0.6 is 23.2 Å². The molecule has 0 spiro atoms. The smallest absolute Gasteiger partial charge is 0.266 e. The van der Waals surface area contributed by atoms with E-state index in [2.05, 4.69) is 5.32 Å². The van der Waals surface area contributed by atoms with E-state index in [1.54, 1.807) is 18.2 Å². The zero-order chi connectivity index (χ0) is 16.1. The van der Waals surface area contributed by atoms with Gasteiger partial charge in [-0.2, -0.15) is 5.26 Å². The van der Waals surface area contributed by atoms with Gasteiger partial charge in [-0.15, -0.1) is 0 Å². The predicted octanol–water partition coefficient (Wildman–Crippen LogP) is 4.85. The number of benzene rings is 2. The van der Waals surface area contributed by atoms with Crippen molar-refractivity contribution in [2.45, 2.75) is 6.92 Å². The molecule has 1 N–H and O–H groups in total. The molecule has 22 heavy (non-hydrogen) atoms. The summed E-state index contributed by atoms with van der Waals surface area (Å²) in [6, 6.07) is 14.3. The zero-order valence-corrected chi connectivity index (χ0v) is 13.2. The van der Waals surface area contributed by atoms with Crippen molar-refractivity contribution in [2.75, 3.05) is 5.32 Å². The molecule has 0 bridgehead atoms. The Bertz CT molecular complexity index is 774. The Kier molecular flexibility index (Phi) is 5.21. The molecule has 0 heterocycles. The first-order valence-electron chi connectivity index (χ1n) is 6.45. The van der Waals surface area contributed by atoms with Crippen LogP contribution in [0.4, 0.5) is 5.69 Å².